The van der Waals surface area contributed by atoms with E-state index in [9.17, 15) is 30.0 Å². The smallest absolute Gasteiger partial charge is 0.330 e. The largest absolute Gasteiger partial charge is 0.502 e. The van der Waals surface area contributed by atoms with Crippen LogP contribution in [0.4, 0.5) is 0 Å². The average Bonchev–Trinajstić information content (AvgIpc) is 2.87. The van der Waals surface area contributed by atoms with E-state index >= 15 is 0 Å². The van der Waals surface area contributed by atoms with Gasteiger partial charge in [0.2, 0.25) is 5.75 Å². The van der Waals surface area contributed by atoms with E-state index in [0.29, 0.717) is 23.1 Å². The van der Waals surface area contributed by atoms with E-state index in [1.807, 2.05) is 13.8 Å². The van der Waals surface area contributed by atoms with Crippen molar-refractivity contribution in [1.82, 2.24) is 0 Å². The molecule has 208 valence electrons. The number of hydrogen-bond donors (Lipinski definition) is 4. The van der Waals surface area contributed by atoms with Crippen LogP contribution < -0.4 is 9.47 Å². The van der Waals surface area contributed by atoms with E-state index in [2.05, 4.69) is 6.58 Å². The lowest BCUT2D eigenvalue weighted by molar-refractivity contribution is -0.299. The number of ketones is 1. The van der Waals surface area contributed by atoms with Crippen LogP contribution in [0.5, 0.6) is 17.2 Å². The van der Waals surface area contributed by atoms with Crippen LogP contribution in [0.1, 0.15) is 25.8 Å². The number of esters is 1. The number of hydrogen-bond acceptors (Lipinski definition) is 11. The zero-order valence-corrected chi connectivity index (χ0v) is 21.7. The summed E-state index contributed by atoms with van der Waals surface area (Å²) < 4.78 is 26.5. The van der Waals surface area contributed by atoms with Crippen molar-refractivity contribution in [3.05, 3.63) is 47.6 Å². The lowest BCUT2D eigenvalue weighted by Gasteiger charge is -2.40. The summed E-state index contributed by atoms with van der Waals surface area (Å²) in [6.07, 6.45) is -3.08. The van der Waals surface area contributed by atoms with E-state index in [-0.39, 0.29) is 29.6 Å². The number of phenolic OH excluding ortho intramolecular Hbond substituents is 1. The van der Waals surface area contributed by atoms with Crippen molar-refractivity contribution in [3.8, 4) is 17.2 Å². The highest BCUT2D eigenvalue weighted by atomic mass is 16.7. The number of carbonyl (C=O) groups is 2. The van der Waals surface area contributed by atoms with E-state index in [1.165, 1.54) is 38.5 Å². The zero-order chi connectivity index (χ0) is 28.2. The predicted octanol–water partition coefficient (Wildman–Crippen LogP) is 1.27. The third-order valence-corrected chi connectivity index (χ3v) is 6.53. The van der Waals surface area contributed by atoms with Crippen LogP contribution in [0.3, 0.4) is 0 Å². The average molecular weight is 535 g/mol. The lowest BCUT2D eigenvalue weighted by Crippen LogP contribution is -2.59. The number of aliphatic hydroxyl groups is 3. The Morgan fingerprint density at radius 2 is 1.76 bits per heavy atom. The fraction of sp³-hybridized carbons (Fsp3) is 0.481. The Bertz CT molecular complexity index is 1100. The predicted molar refractivity (Wildman–Crippen MR) is 134 cm³/mol. The molecule has 1 aliphatic heterocycles. The quantitative estimate of drug-likeness (QED) is 0.267. The summed E-state index contributed by atoms with van der Waals surface area (Å²) >= 11 is 0. The van der Waals surface area contributed by atoms with E-state index in [0.717, 1.165) is 6.08 Å². The lowest BCUT2D eigenvalue weighted by atomic mass is 9.73. The standard InChI is InChI=1S/C27H34O11/c1-14-16(10-17(28)11-27(14,2)3)12-37-26-25(33)24(32)23(31)20(38-26)13-36-21(29)7-6-15-8-18(34-4)22(30)19(9-15)35-5/h6-10,20,23-26,30-33H,1,11-13H2,2-5H3/b7-6+/t20-,23+,24+,25-,26-/m1/s1. The highest BCUT2D eigenvalue weighted by Crippen LogP contribution is 2.39. The van der Waals surface area contributed by atoms with E-state index in [1.54, 1.807) is 0 Å². The maximum absolute atomic E-state index is 12.3. The molecule has 0 unspecified atom stereocenters. The number of aliphatic hydroxyl groups excluding tert-OH is 3. The first-order chi connectivity index (χ1) is 17.9. The van der Waals surface area contributed by atoms with Gasteiger partial charge in [-0.1, -0.05) is 20.4 Å². The minimum absolute atomic E-state index is 0.0800. The third kappa shape index (κ3) is 6.61. The van der Waals surface area contributed by atoms with Crippen molar-refractivity contribution >= 4 is 17.8 Å². The number of methoxy groups -OCH3 is 2. The third-order valence-electron chi connectivity index (χ3n) is 6.53. The second kappa shape index (κ2) is 12.1. The number of rotatable bonds is 9. The van der Waals surface area contributed by atoms with Crippen LogP contribution in [-0.2, 0) is 23.8 Å². The molecule has 11 nitrogen and oxygen atoms in total. The van der Waals surface area contributed by atoms with Gasteiger partial charge in [0.15, 0.2) is 23.6 Å². The molecule has 1 fully saturated rings. The second-order valence-corrected chi connectivity index (χ2v) is 9.74. The Kier molecular flexibility index (Phi) is 9.34. The first-order valence-electron chi connectivity index (χ1n) is 11.9. The summed E-state index contributed by atoms with van der Waals surface area (Å²) in [5.74, 6) is -0.752. The maximum atomic E-state index is 12.3. The van der Waals surface area contributed by atoms with Crippen molar-refractivity contribution in [2.75, 3.05) is 27.4 Å². The number of aromatic hydroxyl groups is 1. The molecule has 11 heteroatoms. The first-order valence-corrected chi connectivity index (χ1v) is 11.9. The minimum Gasteiger partial charge on any atom is -0.502 e. The Morgan fingerprint density at radius 1 is 1.13 bits per heavy atom. The van der Waals surface area contributed by atoms with E-state index in [4.69, 9.17) is 23.7 Å². The summed E-state index contributed by atoms with van der Waals surface area (Å²) in [7, 11) is 2.74. The molecule has 1 aromatic rings. The van der Waals surface area contributed by atoms with Gasteiger partial charge < -0.3 is 44.1 Å². The van der Waals surface area contributed by atoms with Gasteiger partial charge in [0, 0.05) is 12.5 Å². The van der Waals surface area contributed by atoms with Crippen molar-refractivity contribution in [3.63, 3.8) is 0 Å². The molecule has 0 amide bonds. The first kappa shape index (κ1) is 29.3. The molecule has 1 heterocycles. The zero-order valence-electron chi connectivity index (χ0n) is 21.7. The summed E-state index contributed by atoms with van der Waals surface area (Å²) in [5, 5.41) is 41.0. The molecule has 0 spiro atoms. The molecular weight excluding hydrogens is 500 g/mol. The molecule has 1 saturated heterocycles. The van der Waals surface area contributed by atoms with Crippen molar-refractivity contribution in [1.29, 1.82) is 0 Å². The maximum Gasteiger partial charge on any atom is 0.330 e. The molecule has 1 aromatic carbocycles. The van der Waals surface area contributed by atoms with Crippen molar-refractivity contribution < 1.29 is 53.7 Å². The van der Waals surface area contributed by atoms with Crippen molar-refractivity contribution in [2.24, 2.45) is 5.41 Å². The normalized spacial score (nSPS) is 27.2. The molecule has 1 aliphatic carbocycles. The van der Waals surface area contributed by atoms with Crippen LogP contribution in [0.15, 0.2) is 42.0 Å². The summed E-state index contributed by atoms with van der Waals surface area (Å²) in [4.78, 5) is 24.3. The Balaban J connectivity index is 1.61. The van der Waals surface area contributed by atoms with Crippen LogP contribution in [-0.4, -0.2) is 90.3 Å². The van der Waals surface area contributed by atoms with E-state index < -0.39 is 48.7 Å². The minimum atomic E-state index is -1.63. The number of benzene rings is 1. The molecule has 2 aliphatic rings. The Morgan fingerprint density at radius 3 is 2.37 bits per heavy atom. The van der Waals surface area contributed by atoms with Gasteiger partial charge in [0.1, 0.15) is 31.0 Å². The Hall–Kier alpha value is -3.22. The highest BCUT2D eigenvalue weighted by Gasteiger charge is 2.45. The fourth-order valence-corrected chi connectivity index (χ4v) is 4.19. The SMILES string of the molecule is C=C1C(CO[C@@H]2O[C@H](COC(=O)/C=C/c3cc(OC)c(O)c(OC)c3)[C@H](O)[C@H](O)[C@H]2O)=CC(=O)CC1(C)C. The van der Waals surface area contributed by atoms with Gasteiger partial charge in [-0.2, -0.15) is 0 Å². The summed E-state index contributed by atoms with van der Waals surface area (Å²) in [6, 6.07) is 2.97. The molecule has 38 heavy (non-hydrogen) atoms. The fourth-order valence-electron chi connectivity index (χ4n) is 4.19. The van der Waals surface area contributed by atoms with Crippen LogP contribution >= 0.6 is 0 Å². The van der Waals surface area contributed by atoms with Gasteiger partial charge in [-0.3, -0.25) is 4.79 Å². The molecule has 3 rings (SSSR count). The topological polar surface area (TPSA) is 161 Å². The molecule has 5 atom stereocenters. The number of phenols is 1. The molecule has 4 N–H and O–H groups in total. The second-order valence-electron chi connectivity index (χ2n) is 9.74. The van der Waals surface area contributed by atoms with Gasteiger partial charge in [0.05, 0.1) is 20.8 Å². The van der Waals surface area contributed by atoms with Gasteiger partial charge in [-0.25, -0.2) is 4.79 Å². The molecular formula is C27H34O11. The summed E-state index contributed by atoms with van der Waals surface area (Å²) in [6.45, 7) is 7.25. The number of carbonyl (C=O) groups excluding carboxylic acids is 2. The van der Waals surface area contributed by atoms with Crippen LogP contribution in [0, 0.1) is 5.41 Å². The monoisotopic (exact) mass is 534 g/mol. The molecule has 0 radical (unpaired) electrons. The van der Waals surface area contributed by atoms with Gasteiger partial charge >= 0.3 is 5.97 Å². The number of allylic oxidation sites excluding steroid dienone is 1. The summed E-state index contributed by atoms with van der Waals surface area (Å²) in [5.41, 5.74) is 1.28. The van der Waals surface area contributed by atoms with Crippen LogP contribution in [0.2, 0.25) is 0 Å². The molecule has 0 saturated carbocycles. The Labute approximate surface area is 220 Å². The highest BCUT2D eigenvalue weighted by molar-refractivity contribution is 5.93. The van der Waals surface area contributed by atoms with Gasteiger partial charge in [-0.05, 0) is 46.4 Å². The van der Waals surface area contributed by atoms with Crippen LogP contribution in [0.25, 0.3) is 6.08 Å². The number of ether oxygens (including phenoxy) is 5. The van der Waals surface area contributed by atoms with Gasteiger partial charge in [-0.15, -0.1) is 0 Å². The molecule has 0 aromatic heterocycles. The van der Waals surface area contributed by atoms with Crippen molar-refractivity contribution in [2.45, 2.75) is 51.0 Å². The van der Waals surface area contributed by atoms with Gasteiger partial charge in [0.25, 0.3) is 0 Å². The molecule has 0 bridgehead atoms.